The van der Waals surface area contributed by atoms with Gasteiger partial charge in [0.2, 0.25) is 0 Å². The maximum Gasteiger partial charge on any atom is 0.119 e. The Morgan fingerprint density at radius 2 is 1.52 bits per heavy atom. The highest BCUT2D eigenvalue weighted by Gasteiger charge is 2.18. The van der Waals surface area contributed by atoms with Crippen molar-refractivity contribution >= 4 is 0 Å². The van der Waals surface area contributed by atoms with Gasteiger partial charge in [-0.05, 0) is 30.8 Å². The number of likely N-dealkylation sites (N-methyl/N-ethyl adjacent to an activating group) is 1. The van der Waals surface area contributed by atoms with Crippen molar-refractivity contribution in [2.24, 2.45) is 0 Å². The number of benzene rings is 1. The topological polar surface area (TPSA) is 45.2 Å². The van der Waals surface area contributed by atoms with Crippen LogP contribution in [0.1, 0.15) is 6.92 Å². The van der Waals surface area contributed by atoms with Crippen LogP contribution in [-0.4, -0.2) is 74.0 Å². The third-order valence-electron chi connectivity index (χ3n) is 3.88. The van der Waals surface area contributed by atoms with Crippen molar-refractivity contribution in [3.63, 3.8) is 0 Å². The smallest absolute Gasteiger partial charge is 0.119 e. The summed E-state index contributed by atoms with van der Waals surface area (Å²) < 4.78 is 10.7. The Morgan fingerprint density at radius 1 is 1.00 bits per heavy atom. The van der Waals surface area contributed by atoms with Gasteiger partial charge in [-0.2, -0.15) is 0 Å². The Balaban J connectivity index is 0.00000242. The number of nitrogens with zero attached hydrogens (tertiary/aromatic N) is 2. The van der Waals surface area contributed by atoms with Gasteiger partial charge in [0.1, 0.15) is 24.2 Å². The number of β-amino-alcohol motifs (C(OH)–C–C–N with tert-alkyl or cyclic N) is 1. The van der Waals surface area contributed by atoms with Gasteiger partial charge in [-0.1, -0.05) is 6.92 Å². The molecule has 5 nitrogen and oxygen atoms in total. The summed E-state index contributed by atoms with van der Waals surface area (Å²) >= 11 is 0. The van der Waals surface area contributed by atoms with E-state index in [1.807, 2.05) is 24.3 Å². The number of methoxy groups -OCH3 is 1. The van der Waals surface area contributed by atoms with E-state index in [4.69, 9.17) is 9.47 Å². The van der Waals surface area contributed by atoms with Crippen molar-refractivity contribution in [3.05, 3.63) is 24.3 Å². The fraction of sp³-hybridized carbons (Fsp3) is 0.625. The molecule has 1 saturated heterocycles. The molecule has 1 aliphatic rings. The standard InChI is InChI=1S/C16H26N2O3.2ClH/c1-3-17-8-10-18(11-9-17)12-14(19)13-21-16-6-4-15(20-2)5-7-16;;/h4-7,14,19H,3,8-13H2,1-2H3;2*1H/p-2. The maximum absolute atomic E-state index is 10.1. The summed E-state index contributed by atoms with van der Waals surface area (Å²) in [6, 6.07) is 7.41. The van der Waals surface area contributed by atoms with Crippen LogP contribution in [0.15, 0.2) is 24.3 Å². The molecule has 0 radical (unpaired) electrons. The first kappa shape index (κ1) is 22.3. The second kappa shape index (κ2) is 11.8. The monoisotopic (exact) mass is 364 g/mol. The number of hydrogen-bond acceptors (Lipinski definition) is 5. The lowest BCUT2D eigenvalue weighted by Gasteiger charge is -2.34. The molecule has 23 heavy (non-hydrogen) atoms. The minimum atomic E-state index is -0.458. The summed E-state index contributed by atoms with van der Waals surface area (Å²) in [5.74, 6) is 1.56. The molecule has 7 heteroatoms. The summed E-state index contributed by atoms with van der Waals surface area (Å²) in [5, 5.41) is 10.1. The normalized spacial score (nSPS) is 16.8. The Hall–Kier alpha value is -0.720. The molecule has 1 aromatic rings. The van der Waals surface area contributed by atoms with Gasteiger partial charge < -0.3 is 44.3 Å². The number of ether oxygens (including phenoxy) is 2. The summed E-state index contributed by atoms with van der Waals surface area (Å²) in [7, 11) is 1.64. The van der Waals surface area contributed by atoms with E-state index in [0.717, 1.165) is 44.2 Å². The van der Waals surface area contributed by atoms with Crippen LogP contribution >= 0.6 is 0 Å². The highest BCUT2D eigenvalue weighted by atomic mass is 35.5. The first-order valence-corrected chi connectivity index (χ1v) is 7.61. The fourth-order valence-corrected chi connectivity index (χ4v) is 2.50. The van der Waals surface area contributed by atoms with Crippen LogP contribution < -0.4 is 34.3 Å². The van der Waals surface area contributed by atoms with Crippen molar-refractivity contribution in [2.45, 2.75) is 13.0 Å². The quantitative estimate of drug-likeness (QED) is 0.525. The Labute approximate surface area is 151 Å². The number of hydrogen-bond donors (Lipinski definition) is 1. The summed E-state index contributed by atoms with van der Waals surface area (Å²) in [4.78, 5) is 4.73. The molecule has 0 aromatic heterocycles. The van der Waals surface area contributed by atoms with E-state index in [-0.39, 0.29) is 24.8 Å². The zero-order valence-electron chi connectivity index (χ0n) is 13.8. The molecule has 1 aromatic carbocycles. The van der Waals surface area contributed by atoms with E-state index in [1.165, 1.54) is 0 Å². The lowest BCUT2D eigenvalue weighted by atomic mass is 10.2. The third kappa shape index (κ3) is 7.59. The largest absolute Gasteiger partial charge is 1.00 e. The lowest BCUT2D eigenvalue weighted by molar-refractivity contribution is -0.00100. The van der Waals surface area contributed by atoms with Gasteiger partial charge in [0.15, 0.2) is 0 Å². The Kier molecular flexibility index (Phi) is 11.4. The van der Waals surface area contributed by atoms with E-state index in [0.29, 0.717) is 13.2 Å². The average Bonchev–Trinajstić information content (AvgIpc) is 2.54. The van der Waals surface area contributed by atoms with Gasteiger partial charge in [-0.25, -0.2) is 0 Å². The molecule has 0 bridgehead atoms. The number of aliphatic hydroxyl groups is 1. The molecular weight excluding hydrogens is 339 g/mol. The first-order valence-electron chi connectivity index (χ1n) is 7.61. The van der Waals surface area contributed by atoms with Crippen LogP contribution in [0.4, 0.5) is 0 Å². The summed E-state index contributed by atoms with van der Waals surface area (Å²) in [5.41, 5.74) is 0. The molecule has 1 N–H and O–H groups in total. The van der Waals surface area contributed by atoms with Crippen molar-refractivity contribution < 1.29 is 39.4 Å². The molecule has 134 valence electrons. The predicted octanol–water partition coefficient (Wildman–Crippen LogP) is -4.92. The fourth-order valence-electron chi connectivity index (χ4n) is 2.50. The average molecular weight is 365 g/mol. The third-order valence-corrected chi connectivity index (χ3v) is 3.88. The van der Waals surface area contributed by atoms with E-state index < -0.39 is 6.10 Å². The van der Waals surface area contributed by atoms with E-state index in [9.17, 15) is 5.11 Å². The second-order valence-electron chi connectivity index (χ2n) is 5.38. The molecule has 2 rings (SSSR count). The number of rotatable bonds is 7. The number of piperazine rings is 1. The highest BCUT2D eigenvalue weighted by molar-refractivity contribution is 5.31. The van der Waals surface area contributed by atoms with Gasteiger partial charge in [0.05, 0.1) is 7.11 Å². The lowest BCUT2D eigenvalue weighted by Crippen LogP contribution is -3.00. The molecule has 1 heterocycles. The number of aliphatic hydroxyl groups excluding tert-OH is 1. The van der Waals surface area contributed by atoms with E-state index in [2.05, 4.69) is 16.7 Å². The van der Waals surface area contributed by atoms with Crippen LogP contribution in [0.5, 0.6) is 11.5 Å². The summed E-state index contributed by atoms with van der Waals surface area (Å²) in [6.45, 7) is 8.50. The molecule has 1 fully saturated rings. The SMILES string of the molecule is CCN1CCN(CC(O)COc2ccc(OC)cc2)CC1.[Cl-].[Cl-]. The number of halogens is 2. The highest BCUT2D eigenvalue weighted by Crippen LogP contribution is 2.17. The predicted molar refractivity (Wildman–Crippen MR) is 83.0 cm³/mol. The van der Waals surface area contributed by atoms with Gasteiger partial charge in [0, 0.05) is 32.7 Å². The summed E-state index contributed by atoms with van der Waals surface area (Å²) in [6.07, 6.45) is -0.458. The zero-order chi connectivity index (χ0) is 15.1. The van der Waals surface area contributed by atoms with Crippen molar-refractivity contribution in [1.29, 1.82) is 0 Å². The molecular formula is C16H26Cl2N2O3-2. The van der Waals surface area contributed by atoms with Crippen molar-refractivity contribution in [3.8, 4) is 11.5 Å². The molecule has 1 unspecified atom stereocenters. The van der Waals surface area contributed by atoms with E-state index in [1.54, 1.807) is 7.11 Å². The Bertz CT molecular complexity index is 412. The molecule has 0 spiro atoms. The van der Waals surface area contributed by atoms with Gasteiger partial charge in [0.25, 0.3) is 0 Å². The minimum Gasteiger partial charge on any atom is -1.00 e. The maximum atomic E-state index is 10.1. The van der Waals surface area contributed by atoms with Gasteiger partial charge >= 0.3 is 0 Å². The van der Waals surface area contributed by atoms with Crippen LogP contribution in [0.3, 0.4) is 0 Å². The van der Waals surface area contributed by atoms with Crippen LogP contribution in [0.2, 0.25) is 0 Å². The van der Waals surface area contributed by atoms with E-state index >= 15 is 0 Å². The van der Waals surface area contributed by atoms with Gasteiger partial charge in [-0.15, -0.1) is 0 Å². The first-order chi connectivity index (χ1) is 10.2. The van der Waals surface area contributed by atoms with Crippen molar-refractivity contribution in [1.82, 2.24) is 9.80 Å². The minimum absolute atomic E-state index is 0. The molecule has 0 amide bonds. The zero-order valence-corrected chi connectivity index (χ0v) is 15.3. The van der Waals surface area contributed by atoms with Crippen LogP contribution in [0, 0.1) is 0 Å². The van der Waals surface area contributed by atoms with Gasteiger partial charge in [-0.3, -0.25) is 4.90 Å². The second-order valence-corrected chi connectivity index (χ2v) is 5.38. The molecule has 0 aliphatic carbocycles. The Morgan fingerprint density at radius 3 is 2.04 bits per heavy atom. The molecule has 0 saturated carbocycles. The van der Waals surface area contributed by atoms with Crippen LogP contribution in [0.25, 0.3) is 0 Å². The van der Waals surface area contributed by atoms with Crippen LogP contribution in [-0.2, 0) is 0 Å². The van der Waals surface area contributed by atoms with Crippen molar-refractivity contribution in [2.75, 3.05) is 53.0 Å². The molecule has 1 atom stereocenters. The molecule has 1 aliphatic heterocycles.